The van der Waals surface area contributed by atoms with Gasteiger partial charge in [-0.2, -0.15) is 0 Å². The lowest BCUT2D eigenvalue weighted by atomic mass is 9.77. The topological polar surface area (TPSA) is 35.2 Å². The van der Waals surface area contributed by atoms with Gasteiger partial charge in [-0.25, -0.2) is 0 Å². The number of fused-ring (bicyclic) bond motifs is 1. The number of benzene rings is 1. The van der Waals surface area contributed by atoms with Crippen molar-refractivity contribution in [2.45, 2.75) is 51.2 Å². The number of rotatable bonds is 4. The Morgan fingerprint density at radius 3 is 2.71 bits per heavy atom. The highest BCUT2D eigenvalue weighted by molar-refractivity contribution is 5.32. The van der Waals surface area contributed by atoms with Crippen LogP contribution in [0.3, 0.4) is 0 Å². The third-order valence-electron chi connectivity index (χ3n) is 3.60. The highest BCUT2D eigenvalue weighted by Crippen LogP contribution is 2.29. The average Bonchev–Trinajstić information content (AvgIpc) is 2.28. The van der Waals surface area contributed by atoms with E-state index in [0.29, 0.717) is 6.10 Å². The second-order valence-electron chi connectivity index (χ2n) is 5.48. The van der Waals surface area contributed by atoms with Gasteiger partial charge in [0, 0.05) is 12.1 Å². The molecule has 0 bridgehead atoms. The first-order valence-corrected chi connectivity index (χ1v) is 6.56. The summed E-state index contributed by atoms with van der Waals surface area (Å²) in [5.41, 5.74) is 9.31. The van der Waals surface area contributed by atoms with Crippen LogP contribution in [0, 0.1) is 0 Å². The van der Waals surface area contributed by atoms with Crippen LogP contribution >= 0.6 is 0 Å². The van der Waals surface area contributed by atoms with E-state index < -0.39 is 0 Å². The summed E-state index contributed by atoms with van der Waals surface area (Å²) in [5, 5.41) is 0. The molecule has 0 radical (unpaired) electrons. The van der Waals surface area contributed by atoms with E-state index in [1.807, 2.05) is 0 Å². The van der Waals surface area contributed by atoms with Crippen LogP contribution in [0.1, 0.15) is 37.8 Å². The van der Waals surface area contributed by atoms with Crippen LogP contribution in [0.15, 0.2) is 24.3 Å². The fourth-order valence-electron chi connectivity index (χ4n) is 2.54. The molecule has 1 unspecified atom stereocenters. The zero-order valence-corrected chi connectivity index (χ0v) is 10.9. The van der Waals surface area contributed by atoms with Crippen LogP contribution in [0.4, 0.5) is 0 Å². The Kier molecular flexibility index (Phi) is 3.85. The zero-order chi connectivity index (χ0) is 12.3. The van der Waals surface area contributed by atoms with Crippen molar-refractivity contribution in [3.63, 3.8) is 0 Å². The minimum atomic E-state index is -0.0662. The first-order valence-electron chi connectivity index (χ1n) is 6.56. The van der Waals surface area contributed by atoms with Crippen LogP contribution in [0.5, 0.6) is 0 Å². The molecule has 1 aromatic rings. The third-order valence-corrected chi connectivity index (χ3v) is 3.60. The van der Waals surface area contributed by atoms with E-state index in [0.717, 1.165) is 32.3 Å². The van der Waals surface area contributed by atoms with Crippen molar-refractivity contribution in [2.24, 2.45) is 5.73 Å². The Morgan fingerprint density at radius 2 is 2.00 bits per heavy atom. The molecule has 0 saturated carbocycles. The second kappa shape index (κ2) is 5.19. The Labute approximate surface area is 104 Å². The van der Waals surface area contributed by atoms with Crippen molar-refractivity contribution < 1.29 is 4.74 Å². The highest BCUT2D eigenvalue weighted by Gasteiger charge is 2.29. The van der Waals surface area contributed by atoms with Crippen molar-refractivity contribution in [3.05, 3.63) is 35.4 Å². The molecule has 2 N–H and O–H groups in total. The summed E-state index contributed by atoms with van der Waals surface area (Å²) in [7, 11) is 0. The van der Waals surface area contributed by atoms with Crippen LogP contribution in [-0.4, -0.2) is 18.2 Å². The molecule has 94 valence electrons. The summed E-state index contributed by atoms with van der Waals surface area (Å²) in [5.74, 6) is 0. The van der Waals surface area contributed by atoms with Gasteiger partial charge in [-0.1, -0.05) is 24.3 Å². The average molecular weight is 233 g/mol. The predicted molar refractivity (Wildman–Crippen MR) is 71.1 cm³/mol. The summed E-state index contributed by atoms with van der Waals surface area (Å²) >= 11 is 0. The molecule has 0 heterocycles. The normalized spacial score (nSPS) is 23.8. The lowest BCUT2D eigenvalue weighted by Gasteiger charge is -2.35. The van der Waals surface area contributed by atoms with Gasteiger partial charge in [0.1, 0.15) is 0 Å². The molecule has 1 aromatic carbocycles. The van der Waals surface area contributed by atoms with E-state index in [-0.39, 0.29) is 5.54 Å². The Hall–Kier alpha value is -0.860. The van der Waals surface area contributed by atoms with Crippen LogP contribution in [0.25, 0.3) is 0 Å². The molecular formula is C15H23NO. The maximum Gasteiger partial charge on any atom is 0.0518 e. The Bertz CT molecular complexity index is 375. The van der Waals surface area contributed by atoms with Gasteiger partial charge in [0.15, 0.2) is 0 Å². The molecule has 0 amide bonds. The lowest BCUT2D eigenvalue weighted by molar-refractivity contribution is 0.0628. The first-order chi connectivity index (χ1) is 8.09. The van der Waals surface area contributed by atoms with Gasteiger partial charge in [-0.05, 0) is 50.7 Å². The van der Waals surface area contributed by atoms with Crippen molar-refractivity contribution in [1.82, 2.24) is 0 Å². The monoisotopic (exact) mass is 233 g/mol. The number of hydrogen-bond acceptors (Lipinski definition) is 2. The Morgan fingerprint density at radius 1 is 1.29 bits per heavy atom. The van der Waals surface area contributed by atoms with Crippen LogP contribution in [-0.2, 0) is 17.6 Å². The van der Waals surface area contributed by atoms with Gasteiger partial charge in [0.25, 0.3) is 0 Å². The fraction of sp³-hybridized carbons (Fsp3) is 0.600. The summed E-state index contributed by atoms with van der Waals surface area (Å²) in [6, 6.07) is 8.65. The highest BCUT2D eigenvalue weighted by atomic mass is 16.5. The number of aryl methyl sites for hydroxylation is 1. The van der Waals surface area contributed by atoms with Crippen molar-refractivity contribution >= 4 is 0 Å². The number of ether oxygens (including phenoxy) is 1. The minimum absolute atomic E-state index is 0.0662. The summed E-state index contributed by atoms with van der Waals surface area (Å²) in [6.45, 7) is 4.91. The molecule has 1 atom stereocenters. The van der Waals surface area contributed by atoms with E-state index >= 15 is 0 Å². The van der Waals surface area contributed by atoms with Gasteiger partial charge >= 0.3 is 0 Å². The molecule has 0 aliphatic heterocycles. The van der Waals surface area contributed by atoms with Gasteiger partial charge in [0.2, 0.25) is 0 Å². The fourth-order valence-corrected chi connectivity index (χ4v) is 2.54. The van der Waals surface area contributed by atoms with Crippen LogP contribution < -0.4 is 5.73 Å². The Balaban J connectivity index is 1.95. The number of hydrogen-bond donors (Lipinski definition) is 1. The van der Waals surface area contributed by atoms with Gasteiger partial charge in [-0.15, -0.1) is 0 Å². The molecule has 0 aromatic heterocycles. The molecular weight excluding hydrogens is 210 g/mol. The zero-order valence-electron chi connectivity index (χ0n) is 10.9. The van der Waals surface area contributed by atoms with E-state index in [2.05, 4.69) is 38.1 Å². The van der Waals surface area contributed by atoms with E-state index in [1.54, 1.807) is 0 Å². The van der Waals surface area contributed by atoms with Gasteiger partial charge < -0.3 is 10.5 Å². The first kappa shape index (κ1) is 12.6. The molecule has 0 spiro atoms. The third kappa shape index (κ3) is 3.30. The maximum absolute atomic E-state index is 6.48. The van der Waals surface area contributed by atoms with Gasteiger partial charge in [-0.3, -0.25) is 0 Å². The summed E-state index contributed by atoms with van der Waals surface area (Å²) in [6.07, 6.45) is 4.43. The predicted octanol–water partition coefficient (Wildman–Crippen LogP) is 2.69. The van der Waals surface area contributed by atoms with Gasteiger partial charge in [0.05, 0.1) is 6.10 Å². The summed E-state index contributed by atoms with van der Waals surface area (Å²) in [4.78, 5) is 0. The molecule has 2 heteroatoms. The minimum Gasteiger partial charge on any atom is -0.379 e. The molecule has 0 fully saturated rings. The van der Waals surface area contributed by atoms with Crippen molar-refractivity contribution in [1.29, 1.82) is 0 Å². The molecule has 17 heavy (non-hydrogen) atoms. The second-order valence-corrected chi connectivity index (χ2v) is 5.48. The summed E-state index contributed by atoms with van der Waals surface area (Å²) < 4.78 is 5.62. The number of nitrogens with two attached hydrogens (primary N) is 1. The van der Waals surface area contributed by atoms with E-state index in [1.165, 1.54) is 11.1 Å². The van der Waals surface area contributed by atoms with E-state index in [4.69, 9.17) is 10.5 Å². The molecule has 0 saturated heterocycles. The van der Waals surface area contributed by atoms with Crippen molar-refractivity contribution in [2.75, 3.05) is 6.61 Å². The quantitative estimate of drug-likeness (QED) is 0.867. The SMILES string of the molecule is CC(C)OCCC1(N)CCc2ccccc2C1. The molecule has 1 aliphatic rings. The molecule has 1 aliphatic carbocycles. The van der Waals surface area contributed by atoms with Crippen molar-refractivity contribution in [3.8, 4) is 0 Å². The standard InChI is InChI=1S/C15H23NO/c1-12(2)17-10-9-15(16)8-7-13-5-3-4-6-14(13)11-15/h3-6,12H,7-11,16H2,1-2H3. The van der Waals surface area contributed by atoms with Crippen LogP contribution in [0.2, 0.25) is 0 Å². The van der Waals surface area contributed by atoms with E-state index in [9.17, 15) is 0 Å². The molecule has 2 rings (SSSR count). The maximum atomic E-state index is 6.48. The smallest absolute Gasteiger partial charge is 0.0518 e. The molecule has 2 nitrogen and oxygen atoms in total. The lowest BCUT2D eigenvalue weighted by Crippen LogP contribution is -2.46. The largest absolute Gasteiger partial charge is 0.379 e.